The Morgan fingerprint density at radius 1 is 1.21 bits per heavy atom. The number of hydrogen-bond donors (Lipinski definition) is 3. The van der Waals surface area contributed by atoms with Gasteiger partial charge in [-0.25, -0.2) is 4.79 Å². The van der Waals surface area contributed by atoms with E-state index in [-0.39, 0.29) is 11.7 Å². The summed E-state index contributed by atoms with van der Waals surface area (Å²) in [5.74, 6) is 1.87. The summed E-state index contributed by atoms with van der Waals surface area (Å²) >= 11 is 1.32. The number of carbonyl (C=O) groups is 2. The first-order valence-electron chi connectivity index (χ1n) is 12.0. The van der Waals surface area contributed by atoms with Crippen LogP contribution in [-0.4, -0.2) is 46.1 Å². The van der Waals surface area contributed by atoms with Crippen LogP contribution in [0.15, 0.2) is 29.4 Å². The van der Waals surface area contributed by atoms with Crippen LogP contribution in [0.5, 0.6) is 5.75 Å². The molecule has 1 saturated carbocycles. The highest BCUT2D eigenvalue weighted by molar-refractivity contribution is 7.99. The SMILES string of the molecule is COc1cccc(NCc2nnc(SCC(=O)NC(=O)NCCC(C)C)n2C2CCCCC2)c1. The smallest absolute Gasteiger partial charge is 0.321 e. The summed E-state index contributed by atoms with van der Waals surface area (Å²) in [6, 6.07) is 7.62. The molecule has 9 nitrogen and oxygen atoms in total. The Hall–Kier alpha value is -2.75. The van der Waals surface area contributed by atoms with Crippen LogP contribution in [-0.2, 0) is 11.3 Å². The van der Waals surface area contributed by atoms with Crippen LogP contribution < -0.4 is 20.7 Å². The summed E-state index contributed by atoms with van der Waals surface area (Å²) in [4.78, 5) is 24.2. The van der Waals surface area contributed by atoms with Gasteiger partial charge in [0.2, 0.25) is 5.91 Å². The van der Waals surface area contributed by atoms with Gasteiger partial charge in [-0.05, 0) is 37.3 Å². The fourth-order valence-electron chi connectivity index (χ4n) is 3.96. The minimum absolute atomic E-state index is 0.103. The molecule has 0 radical (unpaired) electrons. The predicted octanol–water partition coefficient (Wildman–Crippen LogP) is 4.37. The molecule has 1 aromatic carbocycles. The molecule has 2 aromatic rings. The van der Waals surface area contributed by atoms with Gasteiger partial charge in [0.25, 0.3) is 0 Å². The molecule has 3 rings (SSSR count). The summed E-state index contributed by atoms with van der Waals surface area (Å²) in [7, 11) is 1.65. The minimum atomic E-state index is -0.455. The largest absolute Gasteiger partial charge is 0.497 e. The number of rotatable bonds is 11. The van der Waals surface area contributed by atoms with Crippen molar-refractivity contribution < 1.29 is 14.3 Å². The lowest BCUT2D eigenvalue weighted by Gasteiger charge is -2.25. The second kappa shape index (κ2) is 13.2. The molecule has 1 fully saturated rings. The molecule has 0 spiro atoms. The molecule has 186 valence electrons. The van der Waals surface area contributed by atoms with Gasteiger partial charge < -0.3 is 19.9 Å². The quantitative estimate of drug-likeness (QED) is 0.403. The third-order valence-electron chi connectivity index (χ3n) is 5.79. The number of methoxy groups -OCH3 is 1. The van der Waals surface area contributed by atoms with Crippen molar-refractivity contribution in [3.05, 3.63) is 30.1 Å². The summed E-state index contributed by atoms with van der Waals surface area (Å²) in [6.07, 6.45) is 6.60. The average Bonchev–Trinajstić information content (AvgIpc) is 3.24. The lowest BCUT2D eigenvalue weighted by molar-refractivity contribution is -0.117. The summed E-state index contributed by atoms with van der Waals surface area (Å²) in [6.45, 7) is 5.24. The Balaban J connectivity index is 1.61. The third-order valence-corrected chi connectivity index (χ3v) is 6.73. The highest BCUT2D eigenvalue weighted by atomic mass is 32.2. The molecule has 1 heterocycles. The molecule has 1 aliphatic rings. The van der Waals surface area contributed by atoms with E-state index in [1.54, 1.807) is 7.11 Å². The molecule has 34 heavy (non-hydrogen) atoms. The van der Waals surface area contributed by atoms with E-state index in [1.165, 1.54) is 31.0 Å². The standard InChI is InChI=1S/C24H36N6O3S/c1-17(2)12-13-25-23(32)27-22(31)16-34-24-29-28-21(30(24)19-9-5-4-6-10-19)15-26-18-8-7-11-20(14-18)33-3/h7-8,11,14,17,19,26H,4-6,9-10,12-13,15-16H2,1-3H3,(H2,25,27,31,32). The molecule has 1 aromatic heterocycles. The molecule has 10 heteroatoms. The van der Waals surface area contributed by atoms with Crippen molar-refractivity contribution in [3.8, 4) is 5.75 Å². The summed E-state index contributed by atoms with van der Waals surface area (Å²) < 4.78 is 7.47. The topological polar surface area (TPSA) is 110 Å². The maximum atomic E-state index is 12.3. The molecular formula is C24H36N6O3S. The number of carbonyl (C=O) groups excluding carboxylic acids is 2. The van der Waals surface area contributed by atoms with E-state index >= 15 is 0 Å². The Kier molecular flexibility index (Phi) is 10.1. The van der Waals surface area contributed by atoms with E-state index < -0.39 is 6.03 Å². The van der Waals surface area contributed by atoms with Gasteiger partial charge in [0, 0.05) is 24.3 Å². The molecule has 0 aliphatic heterocycles. The maximum Gasteiger partial charge on any atom is 0.321 e. The fraction of sp³-hybridized carbons (Fsp3) is 0.583. The third kappa shape index (κ3) is 7.93. The van der Waals surface area contributed by atoms with E-state index in [9.17, 15) is 9.59 Å². The number of urea groups is 1. The van der Waals surface area contributed by atoms with Crippen molar-refractivity contribution >= 4 is 29.4 Å². The molecule has 0 bridgehead atoms. The van der Waals surface area contributed by atoms with Crippen LogP contribution in [0.3, 0.4) is 0 Å². The molecule has 3 amide bonds. The summed E-state index contributed by atoms with van der Waals surface area (Å²) in [5, 5.41) is 18.1. The highest BCUT2D eigenvalue weighted by Gasteiger charge is 2.23. The van der Waals surface area contributed by atoms with Gasteiger partial charge in [-0.15, -0.1) is 10.2 Å². The van der Waals surface area contributed by atoms with Crippen molar-refractivity contribution in [1.82, 2.24) is 25.4 Å². The van der Waals surface area contributed by atoms with Gasteiger partial charge in [0.05, 0.1) is 19.4 Å². The summed E-state index contributed by atoms with van der Waals surface area (Å²) in [5.41, 5.74) is 0.939. The number of amides is 3. The van der Waals surface area contributed by atoms with Crippen LogP contribution in [0.4, 0.5) is 10.5 Å². The van der Waals surface area contributed by atoms with Crippen molar-refractivity contribution in [2.24, 2.45) is 5.92 Å². The number of aromatic nitrogens is 3. The van der Waals surface area contributed by atoms with Crippen molar-refractivity contribution in [2.75, 3.05) is 24.7 Å². The Labute approximate surface area is 205 Å². The van der Waals surface area contributed by atoms with Gasteiger partial charge in [0.1, 0.15) is 5.75 Å². The van der Waals surface area contributed by atoms with E-state index in [4.69, 9.17) is 4.74 Å². The van der Waals surface area contributed by atoms with Gasteiger partial charge in [0.15, 0.2) is 11.0 Å². The second-order valence-electron chi connectivity index (χ2n) is 8.92. The zero-order valence-corrected chi connectivity index (χ0v) is 21.1. The number of nitrogens with one attached hydrogen (secondary N) is 3. The normalized spacial score (nSPS) is 14.1. The molecule has 0 unspecified atom stereocenters. The monoisotopic (exact) mass is 488 g/mol. The first kappa shape index (κ1) is 25.9. The molecule has 0 saturated heterocycles. The van der Waals surface area contributed by atoms with Crippen LogP contribution in [0.1, 0.15) is 64.2 Å². The molecule has 0 atom stereocenters. The second-order valence-corrected chi connectivity index (χ2v) is 9.86. The molecule has 3 N–H and O–H groups in total. The number of anilines is 1. The predicted molar refractivity (Wildman–Crippen MR) is 134 cm³/mol. The fourth-order valence-corrected chi connectivity index (χ4v) is 4.78. The van der Waals surface area contributed by atoms with Gasteiger partial charge in [-0.2, -0.15) is 0 Å². The lowest BCUT2D eigenvalue weighted by Crippen LogP contribution is -2.40. The van der Waals surface area contributed by atoms with Crippen LogP contribution in [0, 0.1) is 5.92 Å². The van der Waals surface area contributed by atoms with Gasteiger partial charge in [-0.1, -0.05) is 50.9 Å². The van der Waals surface area contributed by atoms with E-state index in [0.717, 1.165) is 36.5 Å². The van der Waals surface area contributed by atoms with E-state index in [0.29, 0.717) is 30.2 Å². The number of nitrogens with zero attached hydrogens (tertiary/aromatic N) is 3. The first-order valence-corrected chi connectivity index (χ1v) is 13.0. The van der Waals surface area contributed by atoms with Gasteiger partial charge in [-0.3, -0.25) is 10.1 Å². The first-order chi connectivity index (χ1) is 16.5. The number of benzene rings is 1. The Morgan fingerprint density at radius 3 is 2.74 bits per heavy atom. The van der Waals surface area contributed by atoms with Crippen LogP contribution in [0.25, 0.3) is 0 Å². The molecule has 1 aliphatic carbocycles. The van der Waals surface area contributed by atoms with Crippen LogP contribution in [0.2, 0.25) is 0 Å². The highest BCUT2D eigenvalue weighted by Crippen LogP contribution is 2.33. The van der Waals surface area contributed by atoms with Crippen molar-refractivity contribution in [1.29, 1.82) is 0 Å². The van der Waals surface area contributed by atoms with Crippen molar-refractivity contribution in [3.63, 3.8) is 0 Å². The zero-order chi connectivity index (χ0) is 24.3. The lowest BCUT2D eigenvalue weighted by atomic mass is 9.95. The zero-order valence-electron chi connectivity index (χ0n) is 20.3. The maximum absolute atomic E-state index is 12.3. The number of imide groups is 1. The molecular weight excluding hydrogens is 452 g/mol. The van der Waals surface area contributed by atoms with E-state index in [1.807, 2.05) is 24.3 Å². The number of ether oxygens (including phenoxy) is 1. The average molecular weight is 489 g/mol. The van der Waals surface area contributed by atoms with Crippen molar-refractivity contribution in [2.45, 2.75) is 70.1 Å². The number of hydrogen-bond acceptors (Lipinski definition) is 7. The Morgan fingerprint density at radius 2 is 2.00 bits per heavy atom. The number of thioether (sulfide) groups is 1. The van der Waals surface area contributed by atoms with Gasteiger partial charge >= 0.3 is 6.03 Å². The van der Waals surface area contributed by atoms with E-state index in [2.05, 4.69) is 44.6 Å². The minimum Gasteiger partial charge on any atom is -0.497 e. The van der Waals surface area contributed by atoms with Crippen LogP contribution >= 0.6 is 11.8 Å². The Bertz CT molecular complexity index is 943.